The first-order valence-electron chi connectivity index (χ1n) is 6.58. The summed E-state index contributed by atoms with van der Waals surface area (Å²) in [6.45, 7) is 1.77. The van der Waals surface area contributed by atoms with Gasteiger partial charge in [-0.05, 0) is 36.8 Å². The van der Waals surface area contributed by atoms with Crippen molar-refractivity contribution >= 4 is 39.1 Å². The highest BCUT2D eigenvalue weighted by Crippen LogP contribution is 2.24. The van der Waals surface area contributed by atoms with Crippen LogP contribution in [0.25, 0.3) is 0 Å². The molecule has 0 saturated carbocycles. The number of benzene rings is 2. The first kappa shape index (κ1) is 17.7. The molecule has 1 amide bonds. The van der Waals surface area contributed by atoms with Gasteiger partial charge >= 0.3 is 0 Å². The minimum absolute atomic E-state index is 0.0387. The highest BCUT2D eigenvalue weighted by molar-refractivity contribution is 7.89. The Morgan fingerprint density at radius 1 is 1.13 bits per heavy atom. The van der Waals surface area contributed by atoms with E-state index in [9.17, 15) is 13.2 Å². The zero-order valence-electron chi connectivity index (χ0n) is 12.1. The lowest BCUT2D eigenvalue weighted by molar-refractivity contribution is 0.0939. The number of carbonyl (C=O) groups excluding carboxylic acids is 1. The van der Waals surface area contributed by atoms with Gasteiger partial charge in [0.25, 0.3) is 5.91 Å². The van der Waals surface area contributed by atoms with Gasteiger partial charge in [-0.3, -0.25) is 4.79 Å². The molecule has 23 heavy (non-hydrogen) atoms. The van der Waals surface area contributed by atoms with Crippen molar-refractivity contribution in [2.45, 2.75) is 17.9 Å². The molecular weight excluding hydrogens is 359 g/mol. The van der Waals surface area contributed by atoms with Crippen molar-refractivity contribution in [3.63, 3.8) is 0 Å². The summed E-state index contributed by atoms with van der Waals surface area (Å²) in [5.41, 5.74) is 0.889. The molecule has 122 valence electrons. The number of rotatable bonds is 4. The van der Waals surface area contributed by atoms with Crippen molar-refractivity contribution in [1.82, 2.24) is 5.32 Å². The van der Waals surface area contributed by atoms with Crippen LogP contribution in [-0.2, 0) is 10.0 Å². The van der Waals surface area contributed by atoms with Gasteiger partial charge in [-0.25, -0.2) is 13.6 Å². The normalized spacial score (nSPS) is 12.7. The van der Waals surface area contributed by atoms with Crippen molar-refractivity contribution in [2.75, 3.05) is 0 Å². The van der Waals surface area contributed by atoms with Gasteiger partial charge in [0.2, 0.25) is 10.0 Å². The van der Waals surface area contributed by atoms with Gasteiger partial charge in [0.05, 0.1) is 11.1 Å². The number of carbonyl (C=O) groups is 1. The fourth-order valence-corrected chi connectivity index (χ4v) is 3.42. The second kappa shape index (κ2) is 6.88. The third-order valence-electron chi connectivity index (χ3n) is 3.22. The van der Waals surface area contributed by atoms with Gasteiger partial charge in [0.15, 0.2) is 0 Å². The van der Waals surface area contributed by atoms with Crippen LogP contribution in [0.15, 0.2) is 47.4 Å². The van der Waals surface area contributed by atoms with Crippen molar-refractivity contribution in [2.24, 2.45) is 5.14 Å². The van der Waals surface area contributed by atoms with Gasteiger partial charge in [-0.2, -0.15) is 0 Å². The van der Waals surface area contributed by atoms with Crippen LogP contribution in [0.4, 0.5) is 0 Å². The monoisotopic (exact) mass is 372 g/mol. The Hall–Kier alpha value is -1.60. The van der Waals surface area contributed by atoms with E-state index in [0.717, 1.165) is 11.6 Å². The molecule has 0 aliphatic carbocycles. The van der Waals surface area contributed by atoms with Crippen LogP contribution < -0.4 is 10.5 Å². The van der Waals surface area contributed by atoms with Crippen molar-refractivity contribution in [3.8, 4) is 0 Å². The molecule has 8 heteroatoms. The van der Waals surface area contributed by atoms with Crippen LogP contribution in [0.2, 0.25) is 10.0 Å². The average Bonchev–Trinajstić information content (AvgIpc) is 2.46. The van der Waals surface area contributed by atoms with Crippen LogP contribution in [0.1, 0.15) is 28.9 Å². The lowest BCUT2D eigenvalue weighted by atomic mass is 10.1. The zero-order chi connectivity index (χ0) is 17.2. The van der Waals surface area contributed by atoms with E-state index in [1.165, 1.54) is 12.1 Å². The summed E-state index contributed by atoms with van der Waals surface area (Å²) in [7, 11) is -4.01. The molecule has 0 spiro atoms. The molecule has 0 fully saturated rings. The van der Waals surface area contributed by atoms with Crippen LogP contribution in [0, 0.1) is 0 Å². The molecule has 3 N–H and O–H groups in total. The van der Waals surface area contributed by atoms with Gasteiger partial charge in [0.1, 0.15) is 4.90 Å². The van der Waals surface area contributed by atoms with Gasteiger partial charge in [-0.15, -0.1) is 0 Å². The van der Waals surface area contributed by atoms with Crippen molar-refractivity contribution in [3.05, 3.63) is 63.6 Å². The van der Waals surface area contributed by atoms with Crippen LogP contribution >= 0.6 is 23.2 Å². The third kappa shape index (κ3) is 4.23. The minimum Gasteiger partial charge on any atom is -0.345 e. The zero-order valence-corrected chi connectivity index (χ0v) is 14.4. The van der Waals surface area contributed by atoms with E-state index in [0.29, 0.717) is 5.02 Å². The highest BCUT2D eigenvalue weighted by atomic mass is 35.5. The van der Waals surface area contributed by atoms with E-state index >= 15 is 0 Å². The summed E-state index contributed by atoms with van der Waals surface area (Å²) in [6, 6.07) is 10.6. The summed E-state index contributed by atoms with van der Waals surface area (Å²) in [5, 5.41) is 8.32. The molecular formula is C15H14Cl2N2O3S. The largest absolute Gasteiger partial charge is 0.345 e. The van der Waals surface area contributed by atoms with E-state index in [4.69, 9.17) is 28.3 Å². The summed E-state index contributed by atoms with van der Waals surface area (Å²) in [6.07, 6.45) is 0. The Bertz CT molecular complexity index is 854. The maximum absolute atomic E-state index is 12.3. The number of sulfonamides is 1. The predicted octanol–water partition coefficient (Wildman–Crippen LogP) is 3.13. The SMILES string of the molecule is C[C@H](NC(=O)c1ccc(Cl)c(S(N)(=O)=O)c1)c1ccccc1Cl. The van der Waals surface area contributed by atoms with Crippen LogP contribution in [0.3, 0.4) is 0 Å². The number of nitrogens with one attached hydrogen (secondary N) is 1. The fourth-order valence-electron chi connectivity index (χ4n) is 2.05. The lowest BCUT2D eigenvalue weighted by Gasteiger charge is -2.16. The molecule has 0 saturated heterocycles. The minimum atomic E-state index is -4.01. The Morgan fingerprint density at radius 3 is 2.39 bits per heavy atom. The van der Waals surface area contributed by atoms with E-state index < -0.39 is 15.9 Å². The Balaban J connectivity index is 2.27. The van der Waals surface area contributed by atoms with E-state index in [2.05, 4.69) is 5.32 Å². The van der Waals surface area contributed by atoms with E-state index in [1.54, 1.807) is 25.1 Å². The quantitative estimate of drug-likeness (QED) is 0.863. The van der Waals surface area contributed by atoms with Crippen LogP contribution in [-0.4, -0.2) is 14.3 Å². The lowest BCUT2D eigenvalue weighted by Crippen LogP contribution is -2.27. The molecule has 0 radical (unpaired) electrons. The molecule has 0 aliphatic rings. The van der Waals surface area contributed by atoms with Gasteiger partial charge < -0.3 is 5.32 Å². The second-order valence-corrected chi connectivity index (χ2v) is 7.25. The first-order chi connectivity index (χ1) is 10.7. The smallest absolute Gasteiger partial charge is 0.251 e. The topological polar surface area (TPSA) is 89.3 Å². The number of hydrogen-bond acceptors (Lipinski definition) is 3. The van der Waals surface area contributed by atoms with Gasteiger partial charge in [-0.1, -0.05) is 41.4 Å². The summed E-state index contributed by atoms with van der Waals surface area (Å²) in [5.74, 6) is -0.459. The highest BCUT2D eigenvalue weighted by Gasteiger charge is 2.18. The maximum atomic E-state index is 12.3. The molecule has 1 atom stereocenters. The average molecular weight is 373 g/mol. The number of hydrogen-bond donors (Lipinski definition) is 2. The first-order valence-corrected chi connectivity index (χ1v) is 8.88. The Kier molecular flexibility index (Phi) is 5.31. The molecule has 2 rings (SSSR count). The molecule has 2 aromatic carbocycles. The molecule has 0 aromatic heterocycles. The Morgan fingerprint density at radius 2 is 1.78 bits per heavy atom. The number of halogens is 2. The standard InChI is InChI=1S/C15H14Cl2N2O3S/c1-9(11-4-2-3-5-12(11)16)19-15(20)10-6-7-13(17)14(8-10)23(18,21)22/h2-9H,1H3,(H,19,20)(H2,18,21,22)/t9-/m0/s1. The second-order valence-electron chi connectivity index (χ2n) is 4.91. The Labute approximate surface area is 144 Å². The number of primary sulfonamides is 1. The molecule has 0 unspecified atom stereocenters. The molecule has 5 nitrogen and oxygen atoms in total. The molecule has 0 heterocycles. The predicted molar refractivity (Wildman–Crippen MR) is 90.2 cm³/mol. The fraction of sp³-hybridized carbons (Fsp3) is 0.133. The summed E-state index contributed by atoms with van der Waals surface area (Å²) in [4.78, 5) is 12.0. The number of nitrogens with two attached hydrogens (primary N) is 1. The molecule has 0 bridgehead atoms. The summed E-state index contributed by atoms with van der Waals surface area (Å²) < 4.78 is 22.9. The van der Waals surface area contributed by atoms with E-state index in [-0.39, 0.29) is 21.5 Å². The number of amides is 1. The van der Waals surface area contributed by atoms with Crippen LogP contribution in [0.5, 0.6) is 0 Å². The summed E-state index contributed by atoms with van der Waals surface area (Å²) >= 11 is 11.9. The van der Waals surface area contributed by atoms with E-state index in [1.807, 2.05) is 6.07 Å². The maximum Gasteiger partial charge on any atom is 0.251 e. The van der Waals surface area contributed by atoms with Gasteiger partial charge in [0, 0.05) is 10.6 Å². The third-order valence-corrected chi connectivity index (χ3v) is 4.96. The van der Waals surface area contributed by atoms with Crippen molar-refractivity contribution < 1.29 is 13.2 Å². The van der Waals surface area contributed by atoms with Crippen molar-refractivity contribution in [1.29, 1.82) is 0 Å². The molecule has 0 aliphatic heterocycles. The molecule has 2 aromatic rings.